The summed E-state index contributed by atoms with van der Waals surface area (Å²) in [7, 11) is -3.54. The zero-order valence-corrected chi connectivity index (χ0v) is 19.1. The van der Waals surface area contributed by atoms with E-state index in [2.05, 4.69) is 26.5 Å². The number of ether oxygens (including phenoxy) is 1. The molecule has 5 rings (SSSR count). The van der Waals surface area contributed by atoms with Gasteiger partial charge in [-0.25, -0.2) is 23.1 Å². The van der Waals surface area contributed by atoms with E-state index in [-0.39, 0.29) is 0 Å². The molecule has 1 aromatic carbocycles. The maximum absolute atomic E-state index is 13.1. The highest BCUT2D eigenvalue weighted by Gasteiger charge is 2.27. The molecular weight excluding hydrogens is 430 g/mol. The van der Waals surface area contributed by atoms with E-state index in [9.17, 15) is 8.42 Å². The summed E-state index contributed by atoms with van der Waals surface area (Å²) in [6, 6.07) is 5.70. The number of piperidine rings is 1. The van der Waals surface area contributed by atoms with Gasteiger partial charge in [-0.3, -0.25) is 4.90 Å². The number of benzene rings is 1. The Morgan fingerprint density at radius 3 is 2.59 bits per heavy atom. The molecule has 0 radical (unpaired) electrons. The van der Waals surface area contributed by atoms with Crippen molar-refractivity contribution in [3.8, 4) is 0 Å². The van der Waals surface area contributed by atoms with Gasteiger partial charge in [0.2, 0.25) is 10.0 Å². The smallest absolute Gasteiger partial charge is 0.243 e. The van der Waals surface area contributed by atoms with E-state index >= 15 is 0 Å². The summed E-state index contributed by atoms with van der Waals surface area (Å²) in [5.41, 5.74) is 1.70. The van der Waals surface area contributed by atoms with Crippen LogP contribution in [0.5, 0.6) is 0 Å². The van der Waals surface area contributed by atoms with Gasteiger partial charge in [-0.15, -0.1) is 0 Å². The molecule has 2 fully saturated rings. The van der Waals surface area contributed by atoms with Crippen LogP contribution in [-0.2, 0) is 27.8 Å². The SMILES string of the molecule is CCn1c(CN2CCC(n3cncn3)CC2)nc2cc(S(=O)(=O)N3CCOCC3)ccc21. The monoisotopic (exact) mass is 459 g/mol. The van der Waals surface area contributed by atoms with Crippen LogP contribution in [-0.4, -0.2) is 81.3 Å². The van der Waals surface area contributed by atoms with E-state index in [1.807, 2.05) is 10.7 Å². The molecule has 0 amide bonds. The Kier molecular flexibility index (Phi) is 5.97. The molecule has 0 atom stereocenters. The van der Waals surface area contributed by atoms with Gasteiger partial charge in [0.15, 0.2) is 0 Å². The summed E-state index contributed by atoms with van der Waals surface area (Å²) in [5, 5.41) is 4.28. The number of aromatic nitrogens is 5. The Bertz CT molecular complexity index is 1160. The van der Waals surface area contributed by atoms with Crippen molar-refractivity contribution in [3.63, 3.8) is 0 Å². The van der Waals surface area contributed by atoms with Gasteiger partial charge < -0.3 is 9.30 Å². The standard InChI is InChI=1S/C21H29N7O3S/c1-2-27-20-4-3-18(32(29,30)26-9-11-31-12-10-26)13-19(20)24-21(27)14-25-7-5-17(6-8-25)28-16-22-15-23-28/h3-4,13,15-17H,2,5-12,14H2,1H3. The van der Waals surface area contributed by atoms with E-state index in [1.165, 1.54) is 4.31 Å². The Morgan fingerprint density at radius 1 is 1.12 bits per heavy atom. The minimum atomic E-state index is -3.54. The van der Waals surface area contributed by atoms with Crippen molar-refractivity contribution >= 4 is 21.1 Å². The molecule has 0 saturated carbocycles. The number of imidazole rings is 1. The molecule has 2 saturated heterocycles. The summed E-state index contributed by atoms with van der Waals surface area (Å²) in [6.45, 7) is 7.21. The third kappa shape index (κ3) is 4.05. The predicted octanol–water partition coefficient (Wildman–Crippen LogP) is 1.51. The number of aryl methyl sites for hydroxylation is 1. The molecule has 0 N–H and O–H groups in total. The maximum Gasteiger partial charge on any atom is 0.243 e. The topological polar surface area (TPSA) is 98.4 Å². The lowest BCUT2D eigenvalue weighted by Gasteiger charge is -2.31. The first-order valence-electron chi connectivity index (χ1n) is 11.2. The Hall–Kier alpha value is -2.34. The quantitative estimate of drug-likeness (QED) is 0.551. The van der Waals surface area contributed by atoms with Gasteiger partial charge >= 0.3 is 0 Å². The second kappa shape index (κ2) is 8.89. The fraction of sp³-hybridized carbons (Fsp3) is 0.571. The van der Waals surface area contributed by atoms with Gasteiger partial charge in [0.05, 0.1) is 41.7 Å². The average Bonchev–Trinajstić information content (AvgIpc) is 3.47. The lowest BCUT2D eigenvalue weighted by molar-refractivity contribution is 0.0730. The van der Waals surface area contributed by atoms with Crippen molar-refractivity contribution in [2.45, 2.75) is 43.8 Å². The molecule has 10 nitrogen and oxygen atoms in total. The molecule has 32 heavy (non-hydrogen) atoms. The zero-order chi connectivity index (χ0) is 22.1. The average molecular weight is 460 g/mol. The highest BCUT2D eigenvalue weighted by Crippen LogP contribution is 2.26. The molecule has 2 aromatic heterocycles. The van der Waals surface area contributed by atoms with Crippen LogP contribution in [0.4, 0.5) is 0 Å². The lowest BCUT2D eigenvalue weighted by atomic mass is 10.1. The van der Waals surface area contributed by atoms with Crippen molar-refractivity contribution in [1.82, 2.24) is 33.5 Å². The van der Waals surface area contributed by atoms with Gasteiger partial charge in [-0.05, 0) is 38.0 Å². The second-order valence-electron chi connectivity index (χ2n) is 8.32. The van der Waals surface area contributed by atoms with Crippen molar-refractivity contribution in [3.05, 3.63) is 36.7 Å². The summed E-state index contributed by atoms with van der Waals surface area (Å²) < 4.78 is 37.0. The molecule has 2 aliphatic heterocycles. The number of hydrogen-bond acceptors (Lipinski definition) is 7. The fourth-order valence-electron chi connectivity index (χ4n) is 4.68. The van der Waals surface area contributed by atoms with E-state index in [0.29, 0.717) is 37.2 Å². The van der Waals surface area contributed by atoms with E-state index < -0.39 is 10.0 Å². The molecular formula is C21H29N7O3S. The normalized spacial score (nSPS) is 19.7. The molecule has 3 aromatic rings. The second-order valence-corrected chi connectivity index (χ2v) is 10.3. The van der Waals surface area contributed by atoms with Crippen LogP contribution in [0, 0.1) is 0 Å². The highest BCUT2D eigenvalue weighted by molar-refractivity contribution is 7.89. The number of rotatable bonds is 6. The molecule has 4 heterocycles. The number of sulfonamides is 1. The number of morpholine rings is 1. The summed E-state index contributed by atoms with van der Waals surface area (Å²) in [4.78, 5) is 11.6. The van der Waals surface area contributed by atoms with Crippen LogP contribution < -0.4 is 0 Å². The van der Waals surface area contributed by atoms with E-state index in [4.69, 9.17) is 9.72 Å². The third-order valence-electron chi connectivity index (χ3n) is 6.46. The maximum atomic E-state index is 13.1. The van der Waals surface area contributed by atoms with Crippen LogP contribution in [0.1, 0.15) is 31.6 Å². The fourth-order valence-corrected chi connectivity index (χ4v) is 6.11. The molecule has 0 spiro atoms. The summed E-state index contributed by atoms with van der Waals surface area (Å²) in [6.07, 6.45) is 5.43. The van der Waals surface area contributed by atoms with Gasteiger partial charge in [-0.2, -0.15) is 9.40 Å². The number of hydrogen-bond donors (Lipinski definition) is 0. The summed E-state index contributed by atoms with van der Waals surface area (Å²) >= 11 is 0. The van der Waals surface area contributed by atoms with Gasteiger partial charge in [0, 0.05) is 32.7 Å². The summed E-state index contributed by atoms with van der Waals surface area (Å²) in [5.74, 6) is 0.975. The first kappa shape index (κ1) is 21.5. The Labute approximate surface area is 187 Å². The molecule has 11 heteroatoms. The van der Waals surface area contributed by atoms with Gasteiger partial charge in [0.25, 0.3) is 0 Å². The minimum Gasteiger partial charge on any atom is -0.379 e. The van der Waals surface area contributed by atoms with Crippen molar-refractivity contribution in [2.24, 2.45) is 0 Å². The van der Waals surface area contributed by atoms with Crippen molar-refractivity contribution in [1.29, 1.82) is 0 Å². The van der Waals surface area contributed by atoms with E-state index in [0.717, 1.165) is 55.9 Å². The van der Waals surface area contributed by atoms with Crippen LogP contribution in [0.15, 0.2) is 35.7 Å². The first-order valence-corrected chi connectivity index (χ1v) is 12.6. The molecule has 172 valence electrons. The minimum absolute atomic E-state index is 0.299. The Balaban J connectivity index is 1.35. The zero-order valence-electron chi connectivity index (χ0n) is 18.3. The third-order valence-corrected chi connectivity index (χ3v) is 8.35. The molecule has 0 bridgehead atoms. The largest absolute Gasteiger partial charge is 0.379 e. The van der Waals surface area contributed by atoms with Crippen LogP contribution in [0.2, 0.25) is 0 Å². The van der Waals surface area contributed by atoms with Crippen LogP contribution in [0.25, 0.3) is 11.0 Å². The van der Waals surface area contributed by atoms with Crippen LogP contribution >= 0.6 is 0 Å². The van der Waals surface area contributed by atoms with Crippen LogP contribution in [0.3, 0.4) is 0 Å². The number of likely N-dealkylation sites (tertiary alicyclic amines) is 1. The van der Waals surface area contributed by atoms with Crippen molar-refractivity contribution < 1.29 is 13.2 Å². The first-order chi connectivity index (χ1) is 15.6. The lowest BCUT2D eigenvalue weighted by Crippen LogP contribution is -2.40. The Morgan fingerprint density at radius 2 is 1.91 bits per heavy atom. The predicted molar refractivity (Wildman–Crippen MR) is 119 cm³/mol. The number of fused-ring (bicyclic) bond motifs is 1. The van der Waals surface area contributed by atoms with Crippen molar-refractivity contribution in [2.75, 3.05) is 39.4 Å². The molecule has 2 aliphatic rings. The molecule has 0 unspecified atom stereocenters. The highest BCUT2D eigenvalue weighted by atomic mass is 32.2. The number of nitrogens with zero attached hydrogens (tertiary/aromatic N) is 7. The van der Waals surface area contributed by atoms with Gasteiger partial charge in [-0.1, -0.05) is 0 Å². The van der Waals surface area contributed by atoms with E-state index in [1.54, 1.807) is 24.8 Å². The van der Waals surface area contributed by atoms with Gasteiger partial charge in [0.1, 0.15) is 18.5 Å². The molecule has 0 aliphatic carbocycles.